The van der Waals surface area contributed by atoms with Crippen LogP contribution in [0.2, 0.25) is 0 Å². The van der Waals surface area contributed by atoms with Crippen molar-refractivity contribution in [1.29, 1.82) is 0 Å². The lowest BCUT2D eigenvalue weighted by Gasteiger charge is -2.17. The van der Waals surface area contributed by atoms with Crippen molar-refractivity contribution in [3.05, 3.63) is 46.6 Å². The Morgan fingerprint density at radius 2 is 2.10 bits per heavy atom. The highest BCUT2D eigenvalue weighted by molar-refractivity contribution is 9.10. The summed E-state index contributed by atoms with van der Waals surface area (Å²) in [5.41, 5.74) is 6.76. The number of benzene rings is 1. The van der Waals surface area contributed by atoms with Crippen LogP contribution in [0.15, 0.2) is 41.0 Å². The van der Waals surface area contributed by atoms with Gasteiger partial charge < -0.3 is 15.4 Å². The smallest absolute Gasteiger partial charge is 0.258 e. The minimum atomic E-state index is -0.139. The molecule has 0 spiro atoms. The lowest BCUT2D eigenvalue weighted by atomic mass is 10.2. The number of pyridine rings is 1. The Morgan fingerprint density at radius 3 is 2.65 bits per heavy atom. The molecule has 0 aliphatic heterocycles. The number of amides is 1. The number of ether oxygens (including phenoxy) is 1. The molecular weight excluding hydrogens is 322 g/mol. The number of nitrogens with zero attached hydrogens (tertiary/aromatic N) is 2. The zero-order valence-electron chi connectivity index (χ0n) is 11.1. The second kappa shape index (κ2) is 5.92. The van der Waals surface area contributed by atoms with Crippen LogP contribution in [0, 0.1) is 0 Å². The summed E-state index contributed by atoms with van der Waals surface area (Å²) in [7, 11) is 3.27. The summed E-state index contributed by atoms with van der Waals surface area (Å²) in [6.45, 7) is 0. The van der Waals surface area contributed by atoms with Gasteiger partial charge in [0.2, 0.25) is 0 Å². The van der Waals surface area contributed by atoms with E-state index in [0.29, 0.717) is 22.8 Å². The molecule has 0 unspecified atom stereocenters. The van der Waals surface area contributed by atoms with Gasteiger partial charge in [0.15, 0.2) is 0 Å². The van der Waals surface area contributed by atoms with Gasteiger partial charge in [-0.15, -0.1) is 0 Å². The molecule has 20 heavy (non-hydrogen) atoms. The van der Waals surface area contributed by atoms with Crippen molar-refractivity contribution in [2.24, 2.45) is 0 Å². The highest BCUT2D eigenvalue weighted by atomic mass is 79.9. The Balaban J connectivity index is 2.26. The molecule has 0 bridgehead atoms. The summed E-state index contributed by atoms with van der Waals surface area (Å²) in [6, 6.07) is 8.59. The number of methoxy groups -OCH3 is 1. The molecule has 5 nitrogen and oxygen atoms in total. The fraction of sp³-hybridized carbons (Fsp3) is 0.143. The molecule has 1 aromatic heterocycles. The topological polar surface area (TPSA) is 68.5 Å². The SMILES string of the molecule is COc1ccc(C(=O)N(C)c2ccc(N)nc2)cc1Br. The van der Waals surface area contributed by atoms with Gasteiger partial charge in [0, 0.05) is 12.6 Å². The number of hydrogen-bond donors (Lipinski definition) is 1. The van der Waals surface area contributed by atoms with E-state index in [-0.39, 0.29) is 5.91 Å². The molecule has 104 valence electrons. The molecule has 0 fully saturated rings. The van der Waals surface area contributed by atoms with Crippen molar-refractivity contribution in [3.8, 4) is 5.75 Å². The standard InChI is InChI=1S/C14H14BrN3O2/c1-18(10-4-6-13(16)17-8-10)14(19)9-3-5-12(20-2)11(15)7-9/h3-8H,1-2H3,(H2,16,17). The van der Waals surface area contributed by atoms with Crippen molar-refractivity contribution in [2.45, 2.75) is 0 Å². The van der Waals surface area contributed by atoms with Crippen molar-refractivity contribution in [1.82, 2.24) is 4.98 Å². The third kappa shape index (κ3) is 2.91. The summed E-state index contributed by atoms with van der Waals surface area (Å²) in [4.78, 5) is 17.9. The normalized spacial score (nSPS) is 10.2. The second-order valence-corrected chi connectivity index (χ2v) is 5.01. The molecule has 0 radical (unpaired) electrons. The van der Waals surface area contributed by atoms with Crippen LogP contribution in [-0.4, -0.2) is 25.0 Å². The summed E-state index contributed by atoms with van der Waals surface area (Å²) >= 11 is 3.37. The molecule has 1 amide bonds. The van der Waals surface area contributed by atoms with Gasteiger partial charge in [0.25, 0.3) is 5.91 Å². The van der Waals surface area contributed by atoms with Crippen LogP contribution in [0.1, 0.15) is 10.4 Å². The average molecular weight is 336 g/mol. The Labute approximate surface area is 125 Å². The Bertz CT molecular complexity index is 629. The summed E-state index contributed by atoms with van der Waals surface area (Å²) < 4.78 is 5.87. The zero-order valence-corrected chi connectivity index (χ0v) is 12.7. The van der Waals surface area contributed by atoms with Crippen molar-refractivity contribution < 1.29 is 9.53 Å². The maximum Gasteiger partial charge on any atom is 0.258 e. The van der Waals surface area contributed by atoms with E-state index < -0.39 is 0 Å². The maximum atomic E-state index is 12.4. The van der Waals surface area contributed by atoms with Crippen LogP contribution in [0.4, 0.5) is 11.5 Å². The first-order valence-corrected chi connectivity index (χ1v) is 6.65. The fourth-order valence-electron chi connectivity index (χ4n) is 1.71. The molecule has 2 N–H and O–H groups in total. The first-order valence-electron chi connectivity index (χ1n) is 5.86. The van der Waals surface area contributed by atoms with Gasteiger partial charge in [-0.3, -0.25) is 4.79 Å². The molecule has 2 rings (SSSR count). The number of hydrogen-bond acceptors (Lipinski definition) is 4. The van der Waals surface area contributed by atoms with Crippen LogP contribution >= 0.6 is 15.9 Å². The minimum absolute atomic E-state index is 0.139. The van der Waals surface area contributed by atoms with Crippen LogP contribution in [-0.2, 0) is 0 Å². The number of anilines is 2. The highest BCUT2D eigenvalue weighted by Crippen LogP contribution is 2.26. The Kier molecular flexibility index (Phi) is 4.24. The quantitative estimate of drug-likeness (QED) is 0.936. The van der Waals surface area contributed by atoms with E-state index in [1.807, 2.05) is 0 Å². The van der Waals surface area contributed by atoms with Crippen molar-refractivity contribution in [2.75, 3.05) is 24.8 Å². The number of carbonyl (C=O) groups is 1. The third-order valence-corrected chi connectivity index (χ3v) is 3.48. The van der Waals surface area contributed by atoms with Crippen molar-refractivity contribution >= 4 is 33.3 Å². The van der Waals surface area contributed by atoms with Gasteiger partial charge in [0.1, 0.15) is 11.6 Å². The number of aromatic nitrogens is 1. The van der Waals surface area contributed by atoms with Crippen LogP contribution in [0.5, 0.6) is 5.75 Å². The summed E-state index contributed by atoms with van der Waals surface area (Å²) in [6.07, 6.45) is 1.56. The molecule has 2 aromatic rings. The maximum absolute atomic E-state index is 12.4. The van der Waals surface area contributed by atoms with Gasteiger partial charge in [-0.1, -0.05) is 0 Å². The molecule has 0 saturated heterocycles. The number of nitrogens with two attached hydrogens (primary N) is 1. The molecule has 0 aliphatic rings. The van der Waals surface area contributed by atoms with E-state index in [2.05, 4.69) is 20.9 Å². The molecule has 1 aromatic carbocycles. The third-order valence-electron chi connectivity index (χ3n) is 2.86. The zero-order chi connectivity index (χ0) is 14.7. The number of rotatable bonds is 3. The molecule has 0 atom stereocenters. The largest absolute Gasteiger partial charge is 0.496 e. The van der Waals surface area contributed by atoms with Crippen LogP contribution in [0.3, 0.4) is 0 Å². The number of nitrogen functional groups attached to an aromatic ring is 1. The van der Waals surface area contributed by atoms with Gasteiger partial charge in [0.05, 0.1) is 23.5 Å². The van der Waals surface area contributed by atoms with E-state index in [1.54, 1.807) is 50.7 Å². The monoisotopic (exact) mass is 335 g/mol. The number of carbonyl (C=O) groups excluding carboxylic acids is 1. The van der Waals surface area contributed by atoms with Crippen molar-refractivity contribution in [3.63, 3.8) is 0 Å². The highest BCUT2D eigenvalue weighted by Gasteiger charge is 2.15. The second-order valence-electron chi connectivity index (χ2n) is 4.15. The van der Waals surface area contributed by atoms with E-state index >= 15 is 0 Å². The van der Waals surface area contributed by atoms with E-state index in [0.717, 1.165) is 4.47 Å². The predicted octanol–water partition coefficient (Wildman–Crippen LogP) is 2.71. The van der Waals surface area contributed by atoms with E-state index in [9.17, 15) is 4.79 Å². The van der Waals surface area contributed by atoms with Gasteiger partial charge in [-0.05, 0) is 46.3 Å². The van der Waals surface area contributed by atoms with Gasteiger partial charge in [-0.2, -0.15) is 0 Å². The van der Waals surface area contributed by atoms with Gasteiger partial charge >= 0.3 is 0 Å². The van der Waals surface area contributed by atoms with E-state index in [4.69, 9.17) is 10.5 Å². The first-order chi connectivity index (χ1) is 9.52. The summed E-state index contributed by atoms with van der Waals surface area (Å²) in [5.74, 6) is 0.958. The van der Waals surface area contributed by atoms with Crippen LogP contribution in [0.25, 0.3) is 0 Å². The average Bonchev–Trinajstić information content (AvgIpc) is 2.46. The Morgan fingerprint density at radius 1 is 1.35 bits per heavy atom. The molecular formula is C14H14BrN3O2. The van der Waals surface area contributed by atoms with E-state index in [1.165, 1.54) is 4.90 Å². The first kappa shape index (κ1) is 14.3. The predicted molar refractivity (Wildman–Crippen MR) is 82.1 cm³/mol. The minimum Gasteiger partial charge on any atom is -0.496 e. The lowest BCUT2D eigenvalue weighted by Crippen LogP contribution is -2.26. The number of halogens is 1. The Hall–Kier alpha value is -2.08. The molecule has 0 saturated carbocycles. The van der Waals surface area contributed by atoms with Gasteiger partial charge in [-0.25, -0.2) is 4.98 Å². The lowest BCUT2D eigenvalue weighted by molar-refractivity contribution is 0.0993. The molecule has 6 heteroatoms. The molecule has 0 aliphatic carbocycles. The fourth-order valence-corrected chi connectivity index (χ4v) is 2.25. The van der Waals surface area contributed by atoms with Crippen LogP contribution < -0.4 is 15.4 Å². The molecule has 1 heterocycles. The summed E-state index contributed by atoms with van der Waals surface area (Å²) in [5, 5.41) is 0.